The number of benzene rings is 2. The Morgan fingerprint density at radius 1 is 0.950 bits per heavy atom. The van der Waals surface area contributed by atoms with Crippen LogP contribution in [0, 0.1) is 0 Å². The third kappa shape index (κ3) is 1.91. The van der Waals surface area contributed by atoms with Crippen LogP contribution in [0.25, 0.3) is 6.08 Å². The largest absolute Gasteiger partial charge is 0.507 e. The van der Waals surface area contributed by atoms with E-state index >= 15 is 0 Å². The Labute approximate surface area is 115 Å². The summed E-state index contributed by atoms with van der Waals surface area (Å²) in [6.07, 6.45) is 2.10. The summed E-state index contributed by atoms with van der Waals surface area (Å²) in [5.74, 6) is -0.647. The van der Waals surface area contributed by atoms with Crippen LogP contribution in [0.4, 0.5) is 0 Å². The molecule has 1 aliphatic rings. The molecular weight excluding hydrogens is 256 g/mol. The van der Waals surface area contributed by atoms with Crippen molar-refractivity contribution in [2.45, 2.75) is 6.42 Å². The van der Waals surface area contributed by atoms with Crippen LogP contribution in [0.15, 0.2) is 42.0 Å². The fourth-order valence-electron chi connectivity index (χ4n) is 2.39. The van der Waals surface area contributed by atoms with E-state index in [2.05, 4.69) is 0 Å². The number of rotatable bonds is 1. The summed E-state index contributed by atoms with van der Waals surface area (Å²) in [7, 11) is 0. The number of Topliss-reactive ketones (excluding diaryl/α,β-unsaturated/α-hetero) is 1. The number of phenols is 3. The fourth-order valence-corrected chi connectivity index (χ4v) is 2.39. The molecule has 0 amide bonds. The number of hydrogen-bond donors (Lipinski definition) is 3. The van der Waals surface area contributed by atoms with Gasteiger partial charge in [0.1, 0.15) is 5.75 Å². The second-order valence-electron chi connectivity index (χ2n) is 4.73. The molecule has 1 aliphatic carbocycles. The minimum atomic E-state index is -0.231. The van der Waals surface area contributed by atoms with Gasteiger partial charge >= 0.3 is 0 Å². The molecule has 100 valence electrons. The number of carbonyl (C=O) groups excluding carboxylic acids is 1. The molecule has 2 aromatic rings. The van der Waals surface area contributed by atoms with Gasteiger partial charge in [0, 0.05) is 12.0 Å². The number of carbonyl (C=O) groups is 1. The average molecular weight is 268 g/mol. The molecule has 4 nitrogen and oxygen atoms in total. The lowest BCUT2D eigenvalue weighted by atomic mass is 10.1. The lowest BCUT2D eigenvalue weighted by Gasteiger charge is -2.00. The van der Waals surface area contributed by atoms with Crippen molar-refractivity contribution in [1.29, 1.82) is 0 Å². The fraction of sp³-hybridized carbons (Fsp3) is 0.0625. The van der Waals surface area contributed by atoms with Crippen molar-refractivity contribution >= 4 is 11.9 Å². The molecule has 0 unspecified atom stereocenters. The highest BCUT2D eigenvalue weighted by Crippen LogP contribution is 2.34. The predicted octanol–water partition coefficient (Wildman–Crippen LogP) is 2.63. The van der Waals surface area contributed by atoms with Crippen molar-refractivity contribution in [1.82, 2.24) is 0 Å². The summed E-state index contributed by atoms with van der Waals surface area (Å²) < 4.78 is 0. The molecule has 0 aromatic heterocycles. The first-order valence-corrected chi connectivity index (χ1v) is 6.14. The first-order chi connectivity index (χ1) is 9.56. The Morgan fingerprint density at radius 3 is 2.45 bits per heavy atom. The number of allylic oxidation sites excluding steroid dienone is 1. The van der Waals surface area contributed by atoms with E-state index < -0.39 is 0 Å². The van der Waals surface area contributed by atoms with Gasteiger partial charge in [0.2, 0.25) is 0 Å². The Morgan fingerprint density at radius 2 is 1.75 bits per heavy atom. The van der Waals surface area contributed by atoms with Crippen LogP contribution in [0.5, 0.6) is 17.2 Å². The predicted molar refractivity (Wildman–Crippen MR) is 73.9 cm³/mol. The van der Waals surface area contributed by atoms with E-state index in [0.29, 0.717) is 23.1 Å². The molecule has 0 aliphatic heterocycles. The van der Waals surface area contributed by atoms with Gasteiger partial charge in [-0.3, -0.25) is 4.79 Å². The second-order valence-corrected chi connectivity index (χ2v) is 4.73. The van der Waals surface area contributed by atoms with Crippen LogP contribution >= 0.6 is 0 Å². The standard InChI is InChI=1S/C16H12O4/c17-12-5-4-9(7-14(12)19)6-11-8-10-2-1-3-13(18)15(10)16(11)20/h1-7,17-19H,8H2/b11-6+. The number of aromatic hydroxyl groups is 3. The SMILES string of the molecule is O=C1/C(=C/c2ccc(O)c(O)c2)Cc2cccc(O)c21. The highest BCUT2D eigenvalue weighted by atomic mass is 16.3. The molecule has 3 rings (SSSR count). The minimum Gasteiger partial charge on any atom is -0.507 e. The molecule has 0 fully saturated rings. The first-order valence-electron chi connectivity index (χ1n) is 6.14. The number of ketones is 1. The molecule has 3 N–H and O–H groups in total. The van der Waals surface area contributed by atoms with Gasteiger partial charge in [0.15, 0.2) is 17.3 Å². The number of hydrogen-bond acceptors (Lipinski definition) is 4. The summed E-state index contributed by atoms with van der Waals surface area (Å²) in [4.78, 5) is 12.2. The lowest BCUT2D eigenvalue weighted by molar-refractivity contribution is 0.103. The van der Waals surface area contributed by atoms with Gasteiger partial charge in [0.25, 0.3) is 0 Å². The summed E-state index contributed by atoms with van der Waals surface area (Å²) in [5, 5.41) is 28.5. The first kappa shape index (κ1) is 12.3. The van der Waals surface area contributed by atoms with Crippen LogP contribution < -0.4 is 0 Å². The van der Waals surface area contributed by atoms with Gasteiger partial charge in [-0.1, -0.05) is 18.2 Å². The molecule has 0 saturated carbocycles. The molecular formula is C16H12O4. The van der Waals surface area contributed by atoms with Gasteiger partial charge < -0.3 is 15.3 Å². The van der Waals surface area contributed by atoms with Crippen LogP contribution in [-0.4, -0.2) is 21.1 Å². The minimum absolute atomic E-state index is 0.00977. The van der Waals surface area contributed by atoms with E-state index in [-0.39, 0.29) is 23.0 Å². The van der Waals surface area contributed by atoms with Gasteiger partial charge in [-0.15, -0.1) is 0 Å². The highest BCUT2D eigenvalue weighted by molar-refractivity contribution is 6.17. The third-order valence-corrected chi connectivity index (χ3v) is 3.37. The molecule has 0 radical (unpaired) electrons. The topological polar surface area (TPSA) is 77.8 Å². The Kier molecular flexibility index (Phi) is 2.71. The summed E-state index contributed by atoms with van der Waals surface area (Å²) in [5.41, 5.74) is 2.31. The maximum Gasteiger partial charge on any atom is 0.193 e. The molecule has 0 spiro atoms. The molecule has 2 aromatic carbocycles. The third-order valence-electron chi connectivity index (χ3n) is 3.37. The normalized spacial score (nSPS) is 15.6. The van der Waals surface area contributed by atoms with E-state index in [0.717, 1.165) is 5.56 Å². The average Bonchev–Trinajstić information content (AvgIpc) is 2.72. The molecule has 4 heteroatoms. The van der Waals surface area contributed by atoms with Crippen molar-refractivity contribution in [2.24, 2.45) is 0 Å². The number of phenolic OH excluding ortho intramolecular Hbond substituents is 3. The Bertz CT molecular complexity index is 744. The van der Waals surface area contributed by atoms with Crippen molar-refractivity contribution in [3.63, 3.8) is 0 Å². The number of fused-ring (bicyclic) bond motifs is 1. The molecule has 0 saturated heterocycles. The van der Waals surface area contributed by atoms with Crippen LogP contribution in [0.1, 0.15) is 21.5 Å². The maximum absolute atomic E-state index is 12.2. The van der Waals surface area contributed by atoms with E-state index in [9.17, 15) is 20.1 Å². The maximum atomic E-state index is 12.2. The van der Waals surface area contributed by atoms with E-state index in [1.807, 2.05) is 6.07 Å². The van der Waals surface area contributed by atoms with Gasteiger partial charge in [-0.25, -0.2) is 0 Å². The highest BCUT2D eigenvalue weighted by Gasteiger charge is 2.27. The monoisotopic (exact) mass is 268 g/mol. The van der Waals surface area contributed by atoms with Gasteiger partial charge in [-0.2, -0.15) is 0 Å². The summed E-state index contributed by atoms with van der Waals surface area (Å²) >= 11 is 0. The Hall–Kier alpha value is -2.75. The zero-order chi connectivity index (χ0) is 14.3. The van der Waals surface area contributed by atoms with E-state index in [4.69, 9.17) is 0 Å². The van der Waals surface area contributed by atoms with Crippen molar-refractivity contribution in [2.75, 3.05) is 0 Å². The lowest BCUT2D eigenvalue weighted by Crippen LogP contribution is -1.95. The van der Waals surface area contributed by atoms with Gasteiger partial charge in [-0.05, 0) is 35.4 Å². The smallest absolute Gasteiger partial charge is 0.193 e. The summed E-state index contributed by atoms with van der Waals surface area (Å²) in [6, 6.07) is 9.37. The van der Waals surface area contributed by atoms with Crippen molar-refractivity contribution in [3.05, 3.63) is 58.7 Å². The quantitative estimate of drug-likeness (QED) is 0.549. The van der Waals surface area contributed by atoms with Gasteiger partial charge in [0.05, 0.1) is 5.56 Å². The van der Waals surface area contributed by atoms with E-state index in [1.54, 1.807) is 18.2 Å². The van der Waals surface area contributed by atoms with Crippen molar-refractivity contribution < 1.29 is 20.1 Å². The molecule has 0 atom stereocenters. The zero-order valence-corrected chi connectivity index (χ0v) is 10.5. The van der Waals surface area contributed by atoms with Crippen LogP contribution in [0.2, 0.25) is 0 Å². The molecule has 0 heterocycles. The van der Waals surface area contributed by atoms with Crippen LogP contribution in [-0.2, 0) is 6.42 Å². The molecule has 0 bridgehead atoms. The van der Waals surface area contributed by atoms with Crippen LogP contribution in [0.3, 0.4) is 0 Å². The Balaban J connectivity index is 2.01. The van der Waals surface area contributed by atoms with Crippen molar-refractivity contribution in [3.8, 4) is 17.2 Å². The second kappa shape index (κ2) is 4.42. The van der Waals surface area contributed by atoms with E-state index in [1.165, 1.54) is 18.2 Å². The molecule has 20 heavy (non-hydrogen) atoms. The zero-order valence-electron chi connectivity index (χ0n) is 10.5. The summed E-state index contributed by atoms with van der Waals surface area (Å²) in [6.45, 7) is 0.